The molecule has 0 aliphatic rings. The van der Waals surface area contributed by atoms with Crippen molar-refractivity contribution in [3.63, 3.8) is 0 Å². The van der Waals surface area contributed by atoms with Crippen molar-refractivity contribution in [2.24, 2.45) is 5.16 Å². The molecule has 0 aromatic carbocycles. The van der Waals surface area contributed by atoms with Gasteiger partial charge >= 0.3 is 0 Å². The molecule has 0 unspecified atom stereocenters. The lowest BCUT2D eigenvalue weighted by Crippen LogP contribution is -2.07. The van der Waals surface area contributed by atoms with E-state index >= 15 is 0 Å². The fraction of sp³-hybridized carbons (Fsp3) is 0.800. The van der Waals surface area contributed by atoms with Gasteiger partial charge in [-0.2, -0.15) is 11.8 Å². The van der Waals surface area contributed by atoms with Gasteiger partial charge in [0.25, 0.3) is 0 Å². The van der Waals surface area contributed by atoms with Gasteiger partial charge in [0, 0.05) is 5.25 Å². The van der Waals surface area contributed by atoms with E-state index in [0.29, 0.717) is 5.25 Å². The normalized spacial score (nSPS) is 16.1. The summed E-state index contributed by atoms with van der Waals surface area (Å²) in [5.41, 5.74) is 0.775. The average molecular weight is 133 g/mol. The van der Waals surface area contributed by atoms with Crippen molar-refractivity contribution in [3.05, 3.63) is 0 Å². The monoisotopic (exact) mass is 133 g/mol. The highest BCUT2D eigenvalue weighted by Gasteiger charge is 2.01. The minimum absolute atomic E-state index is 0.333. The zero-order valence-electron chi connectivity index (χ0n) is 5.38. The van der Waals surface area contributed by atoms with E-state index in [1.807, 2.05) is 13.2 Å². The molecular weight excluding hydrogens is 122 g/mol. The van der Waals surface area contributed by atoms with Gasteiger partial charge in [-0.05, 0) is 20.1 Å². The third-order valence-electron chi connectivity index (χ3n) is 1.10. The van der Waals surface area contributed by atoms with Crippen molar-refractivity contribution >= 4 is 17.5 Å². The van der Waals surface area contributed by atoms with E-state index in [0.717, 1.165) is 5.71 Å². The van der Waals surface area contributed by atoms with E-state index in [-0.39, 0.29) is 0 Å². The van der Waals surface area contributed by atoms with Gasteiger partial charge in [-0.25, -0.2) is 0 Å². The molecule has 2 nitrogen and oxygen atoms in total. The van der Waals surface area contributed by atoms with Crippen LogP contribution in [-0.2, 0) is 0 Å². The first-order chi connectivity index (χ1) is 3.72. The van der Waals surface area contributed by atoms with Gasteiger partial charge in [-0.15, -0.1) is 0 Å². The second kappa shape index (κ2) is 3.78. The predicted octanol–water partition coefficient (Wildman–Crippen LogP) is 1.59. The van der Waals surface area contributed by atoms with Crippen molar-refractivity contribution < 1.29 is 5.21 Å². The highest BCUT2D eigenvalue weighted by Crippen LogP contribution is 2.05. The molecule has 0 aliphatic heterocycles. The Morgan fingerprint density at radius 3 is 2.38 bits per heavy atom. The summed E-state index contributed by atoms with van der Waals surface area (Å²) < 4.78 is 0. The minimum Gasteiger partial charge on any atom is -0.411 e. The smallest absolute Gasteiger partial charge is 0.0666 e. The SMILES string of the molecule is CS[C@@H](C)C(C)=NO. The number of thioether (sulfide) groups is 1. The summed E-state index contributed by atoms with van der Waals surface area (Å²) >= 11 is 1.67. The maximum atomic E-state index is 8.21. The van der Waals surface area contributed by atoms with Crippen LogP contribution in [0.3, 0.4) is 0 Å². The third kappa shape index (κ3) is 2.21. The van der Waals surface area contributed by atoms with Gasteiger partial charge in [0.1, 0.15) is 0 Å². The lowest BCUT2D eigenvalue weighted by atomic mass is 10.3. The summed E-state index contributed by atoms with van der Waals surface area (Å²) in [6, 6.07) is 0. The van der Waals surface area contributed by atoms with Crippen LogP contribution < -0.4 is 0 Å². The summed E-state index contributed by atoms with van der Waals surface area (Å²) in [6.07, 6.45) is 1.99. The van der Waals surface area contributed by atoms with E-state index in [1.165, 1.54) is 0 Å². The highest BCUT2D eigenvalue weighted by atomic mass is 32.2. The predicted molar refractivity (Wildman–Crippen MR) is 37.9 cm³/mol. The van der Waals surface area contributed by atoms with Gasteiger partial charge in [-0.3, -0.25) is 0 Å². The van der Waals surface area contributed by atoms with Crippen molar-refractivity contribution in [1.29, 1.82) is 0 Å². The molecular formula is C5H11NOS. The fourth-order valence-electron chi connectivity index (χ4n) is 0.252. The van der Waals surface area contributed by atoms with Crippen molar-refractivity contribution in [3.8, 4) is 0 Å². The lowest BCUT2D eigenvalue weighted by molar-refractivity contribution is 0.318. The second-order valence-electron chi connectivity index (χ2n) is 1.62. The Morgan fingerprint density at radius 2 is 2.25 bits per heavy atom. The molecule has 0 rings (SSSR count). The third-order valence-corrected chi connectivity index (χ3v) is 2.15. The van der Waals surface area contributed by atoms with E-state index in [2.05, 4.69) is 5.16 Å². The summed E-state index contributed by atoms with van der Waals surface area (Å²) in [7, 11) is 0. The molecule has 3 heteroatoms. The molecule has 0 aromatic rings. The van der Waals surface area contributed by atoms with E-state index in [9.17, 15) is 0 Å². The molecule has 0 amide bonds. The summed E-state index contributed by atoms with van der Waals surface area (Å²) in [5, 5.41) is 11.6. The zero-order chi connectivity index (χ0) is 6.57. The molecule has 1 atom stereocenters. The molecule has 0 aliphatic carbocycles. The van der Waals surface area contributed by atoms with Gasteiger partial charge in [0.15, 0.2) is 0 Å². The Bertz CT molecular complexity index is 92.4. The standard InChI is InChI=1S/C5H11NOS/c1-4(6-7)5(2)8-3/h5,7H,1-3H3/t5-/m0/s1. The molecule has 1 N–H and O–H groups in total. The van der Waals surface area contributed by atoms with Crippen LogP contribution in [0.2, 0.25) is 0 Å². The Kier molecular flexibility index (Phi) is 3.69. The quantitative estimate of drug-likeness (QED) is 0.352. The van der Waals surface area contributed by atoms with Crippen LogP contribution in [0.15, 0.2) is 5.16 Å². The minimum atomic E-state index is 0.333. The van der Waals surface area contributed by atoms with E-state index in [1.54, 1.807) is 18.7 Å². The number of oxime groups is 1. The Balaban J connectivity index is 3.63. The first-order valence-electron chi connectivity index (χ1n) is 2.43. The molecule has 8 heavy (non-hydrogen) atoms. The molecule has 0 saturated carbocycles. The summed E-state index contributed by atoms with van der Waals surface area (Å²) in [6.45, 7) is 3.81. The van der Waals surface area contributed by atoms with Crippen LogP contribution >= 0.6 is 11.8 Å². The summed E-state index contributed by atoms with van der Waals surface area (Å²) in [5.74, 6) is 0. The van der Waals surface area contributed by atoms with Crippen LogP contribution in [0.4, 0.5) is 0 Å². The van der Waals surface area contributed by atoms with E-state index < -0.39 is 0 Å². The van der Waals surface area contributed by atoms with Crippen molar-refractivity contribution in [2.45, 2.75) is 19.1 Å². The first-order valence-corrected chi connectivity index (χ1v) is 3.72. The highest BCUT2D eigenvalue weighted by molar-refractivity contribution is 7.99. The lowest BCUT2D eigenvalue weighted by Gasteiger charge is -2.02. The second-order valence-corrected chi connectivity index (χ2v) is 2.80. The molecule has 0 bridgehead atoms. The van der Waals surface area contributed by atoms with Gasteiger partial charge in [0.2, 0.25) is 0 Å². The Hall–Kier alpha value is -0.180. The van der Waals surface area contributed by atoms with Gasteiger partial charge in [-0.1, -0.05) is 5.16 Å². The molecule has 0 radical (unpaired) electrons. The largest absolute Gasteiger partial charge is 0.411 e. The maximum absolute atomic E-state index is 8.21. The Labute approximate surface area is 54.0 Å². The molecule has 48 valence electrons. The fourth-order valence-corrected chi connectivity index (χ4v) is 0.640. The van der Waals surface area contributed by atoms with Crippen LogP contribution in [0.1, 0.15) is 13.8 Å². The number of hydrogen-bond donors (Lipinski definition) is 1. The zero-order valence-corrected chi connectivity index (χ0v) is 6.20. The van der Waals surface area contributed by atoms with Gasteiger partial charge < -0.3 is 5.21 Å². The topological polar surface area (TPSA) is 32.6 Å². The number of rotatable bonds is 2. The van der Waals surface area contributed by atoms with Crippen molar-refractivity contribution in [2.75, 3.05) is 6.26 Å². The number of nitrogens with zero attached hydrogens (tertiary/aromatic N) is 1. The Morgan fingerprint density at radius 1 is 1.75 bits per heavy atom. The maximum Gasteiger partial charge on any atom is 0.0666 e. The van der Waals surface area contributed by atoms with Crippen LogP contribution in [0.5, 0.6) is 0 Å². The van der Waals surface area contributed by atoms with Crippen molar-refractivity contribution in [1.82, 2.24) is 0 Å². The average Bonchev–Trinajstić information content (AvgIpc) is 1.84. The summed E-state index contributed by atoms with van der Waals surface area (Å²) in [4.78, 5) is 0. The first kappa shape index (κ1) is 7.82. The molecule has 0 saturated heterocycles. The molecule has 0 aromatic heterocycles. The molecule has 0 heterocycles. The van der Waals surface area contributed by atoms with E-state index in [4.69, 9.17) is 5.21 Å². The van der Waals surface area contributed by atoms with Crippen LogP contribution in [-0.4, -0.2) is 22.4 Å². The van der Waals surface area contributed by atoms with Crippen LogP contribution in [0.25, 0.3) is 0 Å². The van der Waals surface area contributed by atoms with Crippen LogP contribution in [0, 0.1) is 0 Å². The molecule has 0 fully saturated rings. The number of hydrogen-bond acceptors (Lipinski definition) is 3. The molecule has 0 spiro atoms. The van der Waals surface area contributed by atoms with Gasteiger partial charge in [0.05, 0.1) is 5.71 Å².